The minimum Gasteiger partial charge on any atom is -0.475 e. The van der Waals surface area contributed by atoms with Crippen molar-refractivity contribution in [2.75, 3.05) is 13.7 Å². The van der Waals surface area contributed by atoms with Crippen molar-refractivity contribution >= 4 is 30.0 Å². The Morgan fingerprint density at radius 2 is 1.86 bits per heavy atom. The van der Waals surface area contributed by atoms with E-state index >= 15 is 0 Å². The smallest absolute Gasteiger partial charge is 0.475 e. The van der Waals surface area contributed by atoms with Crippen molar-refractivity contribution in [1.82, 2.24) is 15.1 Å². The summed E-state index contributed by atoms with van der Waals surface area (Å²) in [6, 6.07) is 5.12. The van der Waals surface area contributed by atoms with Gasteiger partial charge in [-0.25, -0.2) is 14.4 Å². The molecule has 0 spiro atoms. The molecular weight excluding hydrogens is 571 g/mol. The van der Waals surface area contributed by atoms with Crippen LogP contribution < -0.4 is 5.32 Å². The predicted octanol–water partition coefficient (Wildman–Crippen LogP) is 4.50. The number of halogens is 3. The molecule has 0 unspecified atom stereocenters. The largest absolute Gasteiger partial charge is 0.490 e. The van der Waals surface area contributed by atoms with Crippen LogP contribution >= 0.6 is 0 Å². The molecule has 2 amide bonds. The molecule has 1 aromatic carbocycles. The Morgan fingerprint density at radius 3 is 2.49 bits per heavy atom. The van der Waals surface area contributed by atoms with Gasteiger partial charge in [-0.3, -0.25) is 9.69 Å². The van der Waals surface area contributed by atoms with E-state index in [1.54, 1.807) is 9.80 Å². The summed E-state index contributed by atoms with van der Waals surface area (Å²) in [4.78, 5) is 51.5. The van der Waals surface area contributed by atoms with Gasteiger partial charge in [-0.1, -0.05) is 50.6 Å². The van der Waals surface area contributed by atoms with Crippen LogP contribution in [0, 0.1) is 5.92 Å². The van der Waals surface area contributed by atoms with Crippen molar-refractivity contribution in [1.29, 1.82) is 0 Å². The minimum atomic E-state index is -5.08. The second-order valence-electron chi connectivity index (χ2n) is 11.4. The van der Waals surface area contributed by atoms with Crippen LogP contribution in [0.15, 0.2) is 24.3 Å². The van der Waals surface area contributed by atoms with Crippen molar-refractivity contribution in [2.45, 2.75) is 96.4 Å². The lowest BCUT2D eigenvalue weighted by Crippen LogP contribution is -2.54. The third-order valence-corrected chi connectivity index (χ3v) is 7.76. The standard InChI is InChI=1S/C28H39N3O5.C2HF3O2/c1-18(2)25-26(32)31-16-22(14-24(31)27(33)35-4)36-28(34)30-15-21-13-9-12-20(23(21)17-30)11-8-6-5-7-10-19(3)29-25;3-2(4,5)1(6)7/h8-9,11-13,18-19,22,24-25,29H,5-7,10,14-17H2,1-4H3;(H,6,7)/b11-8+;/t19-,22-,24+,25+;/m1./s1. The van der Waals surface area contributed by atoms with Crippen LogP contribution in [0.5, 0.6) is 0 Å². The molecule has 3 heterocycles. The summed E-state index contributed by atoms with van der Waals surface area (Å²) >= 11 is 0. The number of amides is 2. The van der Waals surface area contributed by atoms with Crippen LogP contribution in [0.25, 0.3) is 6.08 Å². The molecule has 0 radical (unpaired) electrons. The molecule has 2 N–H and O–H groups in total. The van der Waals surface area contributed by atoms with E-state index in [2.05, 4.69) is 36.5 Å². The molecule has 1 saturated heterocycles. The van der Waals surface area contributed by atoms with Crippen molar-refractivity contribution in [2.24, 2.45) is 5.92 Å². The summed E-state index contributed by atoms with van der Waals surface area (Å²) in [7, 11) is 1.32. The molecule has 1 fully saturated rings. The number of carboxylic acids is 1. The number of hydrogen-bond acceptors (Lipinski definition) is 7. The third-order valence-electron chi connectivity index (χ3n) is 7.76. The molecule has 3 aliphatic rings. The second-order valence-corrected chi connectivity index (χ2v) is 11.4. The van der Waals surface area contributed by atoms with Crippen LogP contribution in [0.2, 0.25) is 0 Å². The predicted molar refractivity (Wildman–Crippen MR) is 151 cm³/mol. The van der Waals surface area contributed by atoms with Gasteiger partial charge in [-0.15, -0.1) is 0 Å². The van der Waals surface area contributed by atoms with Gasteiger partial charge in [0.05, 0.1) is 26.2 Å². The van der Waals surface area contributed by atoms with E-state index < -0.39 is 42.4 Å². The van der Waals surface area contributed by atoms with E-state index in [-0.39, 0.29) is 30.8 Å². The molecule has 3 aliphatic heterocycles. The number of rotatable bonds is 2. The fraction of sp³-hybridized carbons (Fsp3) is 0.600. The number of aliphatic carboxylic acids is 1. The number of hydrogen-bond donors (Lipinski definition) is 2. The molecule has 0 aromatic heterocycles. The Bertz CT molecular complexity index is 1200. The molecule has 0 saturated carbocycles. The Kier molecular flexibility index (Phi) is 11.6. The number of benzene rings is 1. The zero-order valence-corrected chi connectivity index (χ0v) is 24.9. The first-order valence-electron chi connectivity index (χ1n) is 14.4. The number of carbonyl (C=O) groups excluding carboxylic acids is 3. The Hall–Kier alpha value is -3.61. The Balaban J connectivity index is 0.000000646. The van der Waals surface area contributed by atoms with Crippen LogP contribution in [-0.4, -0.2) is 82.9 Å². The summed E-state index contributed by atoms with van der Waals surface area (Å²) < 4.78 is 42.6. The highest BCUT2D eigenvalue weighted by atomic mass is 19.4. The fourth-order valence-electron chi connectivity index (χ4n) is 5.48. The highest BCUT2D eigenvalue weighted by molar-refractivity contribution is 5.88. The molecule has 238 valence electrons. The molecule has 4 rings (SSSR count). The molecule has 4 bridgehead atoms. The van der Waals surface area contributed by atoms with Gasteiger partial charge in [0.15, 0.2) is 0 Å². The van der Waals surface area contributed by atoms with E-state index in [9.17, 15) is 27.6 Å². The first-order chi connectivity index (χ1) is 20.2. The highest BCUT2D eigenvalue weighted by Crippen LogP contribution is 2.30. The maximum Gasteiger partial charge on any atom is 0.490 e. The lowest BCUT2D eigenvalue weighted by atomic mass is 9.99. The molecule has 43 heavy (non-hydrogen) atoms. The van der Waals surface area contributed by atoms with Gasteiger partial charge in [0.2, 0.25) is 5.91 Å². The average molecular weight is 612 g/mol. The molecular formula is C30H40F3N3O7. The maximum absolute atomic E-state index is 13.7. The van der Waals surface area contributed by atoms with Gasteiger partial charge in [0, 0.05) is 19.0 Å². The number of alkyl halides is 3. The number of fused-ring (bicyclic) bond motifs is 3. The van der Waals surface area contributed by atoms with Crippen LogP contribution in [0.4, 0.5) is 18.0 Å². The van der Waals surface area contributed by atoms with Gasteiger partial charge in [-0.05, 0) is 48.8 Å². The zero-order chi connectivity index (χ0) is 31.9. The van der Waals surface area contributed by atoms with Crippen molar-refractivity contribution in [3.63, 3.8) is 0 Å². The first-order valence-corrected chi connectivity index (χ1v) is 14.4. The van der Waals surface area contributed by atoms with Gasteiger partial charge in [-0.2, -0.15) is 13.2 Å². The van der Waals surface area contributed by atoms with Gasteiger partial charge in [0.1, 0.15) is 12.1 Å². The fourth-order valence-corrected chi connectivity index (χ4v) is 5.48. The van der Waals surface area contributed by atoms with Crippen LogP contribution in [-0.2, 0) is 36.9 Å². The van der Waals surface area contributed by atoms with Gasteiger partial charge >= 0.3 is 24.2 Å². The number of carbonyl (C=O) groups is 4. The topological polar surface area (TPSA) is 125 Å². The number of nitrogens with one attached hydrogen (secondary N) is 1. The quantitative estimate of drug-likeness (QED) is 0.469. The third kappa shape index (κ3) is 8.94. The van der Waals surface area contributed by atoms with Crippen molar-refractivity contribution < 1.29 is 46.9 Å². The lowest BCUT2D eigenvalue weighted by molar-refractivity contribution is -0.192. The maximum atomic E-state index is 13.7. The summed E-state index contributed by atoms with van der Waals surface area (Å²) in [5.74, 6) is -3.35. The van der Waals surface area contributed by atoms with Gasteiger partial charge in [0.25, 0.3) is 0 Å². The van der Waals surface area contributed by atoms with E-state index in [0.717, 1.165) is 42.4 Å². The zero-order valence-electron chi connectivity index (χ0n) is 24.9. The molecule has 10 nitrogen and oxygen atoms in total. The van der Waals surface area contributed by atoms with Crippen molar-refractivity contribution in [3.05, 3.63) is 41.0 Å². The number of allylic oxidation sites excluding steroid dienone is 1. The average Bonchev–Trinajstić information content (AvgIpc) is 3.57. The number of carboxylic acid groups (broad SMARTS) is 1. The highest BCUT2D eigenvalue weighted by Gasteiger charge is 2.45. The lowest BCUT2D eigenvalue weighted by Gasteiger charge is -2.31. The summed E-state index contributed by atoms with van der Waals surface area (Å²) in [5.41, 5.74) is 3.41. The summed E-state index contributed by atoms with van der Waals surface area (Å²) in [6.07, 6.45) is 2.58. The minimum absolute atomic E-state index is 0.0354. The summed E-state index contributed by atoms with van der Waals surface area (Å²) in [6.45, 7) is 7.26. The number of ether oxygens (including phenoxy) is 2. The second kappa shape index (κ2) is 14.7. The molecule has 13 heteroatoms. The monoisotopic (exact) mass is 611 g/mol. The number of esters is 1. The number of methoxy groups -OCH3 is 1. The first kappa shape index (κ1) is 33.9. The van der Waals surface area contributed by atoms with E-state index in [0.29, 0.717) is 13.1 Å². The van der Waals surface area contributed by atoms with E-state index in [1.165, 1.54) is 7.11 Å². The van der Waals surface area contributed by atoms with E-state index in [1.807, 2.05) is 19.9 Å². The molecule has 1 aromatic rings. The van der Waals surface area contributed by atoms with Crippen molar-refractivity contribution in [3.8, 4) is 0 Å². The van der Waals surface area contributed by atoms with E-state index in [4.69, 9.17) is 19.4 Å². The van der Waals surface area contributed by atoms with Crippen LogP contribution in [0.3, 0.4) is 0 Å². The molecule has 0 aliphatic carbocycles. The van der Waals surface area contributed by atoms with Gasteiger partial charge < -0.3 is 24.8 Å². The summed E-state index contributed by atoms with van der Waals surface area (Å²) in [5, 5.41) is 10.6. The van der Waals surface area contributed by atoms with Crippen LogP contribution in [0.1, 0.15) is 69.6 Å². The number of nitrogens with zero attached hydrogens (tertiary/aromatic N) is 2. The normalized spacial score (nSPS) is 25.6. The SMILES string of the molecule is COC(=O)[C@@H]1C[C@@H]2CN1C(=O)[C@H](C(C)C)N[C@H](C)CCCC/C=C/c1cccc3c1CN(C3)C(=O)O2.O=C(O)C(F)(F)F. The molecule has 4 atom stereocenters. The Morgan fingerprint density at radius 1 is 1.16 bits per heavy atom. The Labute approximate surface area is 249 Å².